The maximum absolute atomic E-state index is 5.89. The van der Waals surface area contributed by atoms with Crippen molar-refractivity contribution in [3.8, 4) is 0 Å². The average Bonchev–Trinajstić information content (AvgIpc) is 3.09. The first-order valence-corrected chi connectivity index (χ1v) is 9.32. The molecule has 0 radical (unpaired) electrons. The molecule has 4 fully saturated rings. The van der Waals surface area contributed by atoms with Crippen LogP contribution in [-0.2, 0) is 4.74 Å². The van der Waals surface area contributed by atoms with E-state index in [-0.39, 0.29) is 0 Å². The average molecular weight is 292 g/mol. The van der Waals surface area contributed by atoms with E-state index in [1.165, 1.54) is 45.2 Å². The highest BCUT2D eigenvalue weighted by molar-refractivity contribution is 4.97. The maximum Gasteiger partial charge on any atom is 0.0678 e. The van der Waals surface area contributed by atoms with Crippen molar-refractivity contribution in [1.82, 2.24) is 9.80 Å². The summed E-state index contributed by atoms with van der Waals surface area (Å²) in [5, 5.41) is 0. The molecule has 4 rings (SSSR count). The van der Waals surface area contributed by atoms with E-state index in [1.54, 1.807) is 6.42 Å². The van der Waals surface area contributed by atoms with Crippen LogP contribution in [0.4, 0.5) is 0 Å². The van der Waals surface area contributed by atoms with Crippen LogP contribution in [0.3, 0.4) is 0 Å². The topological polar surface area (TPSA) is 15.7 Å². The Bertz CT molecular complexity index is 356. The molecule has 0 amide bonds. The van der Waals surface area contributed by atoms with Gasteiger partial charge in [0.15, 0.2) is 0 Å². The number of ether oxygens (including phenoxy) is 1. The number of fused-ring (bicyclic) bond motifs is 2. The van der Waals surface area contributed by atoms with E-state index in [1.807, 2.05) is 0 Å². The minimum absolute atomic E-state index is 0.414. The number of piperidine rings is 1. The summed E-state index contributed by atoms with van der Waals surface area (Å²) in [6.07, 6.45) is 9.70. The van der Waals surface area contributed by atoms with Crippen LogP contribution in [0, 0.1) is 11.8 Å². The van der Waals surface area contributed by atoms with Crippen molar-refractivity contribution in [3.05, 3.63) is 0 Å². The quantitative estimate of drug-likeness (QED) is 0.778. The van der Waals surface area contributed by atoms with E-state index >= 15 is 0 Å². The molecule has 0 aromatic rings. The lowest BCUT2D eigenvalue weighted by Crippen LogP contribution is -2.54. The van der Waals surface area contributed by atoms with Gasteiger partial charge in [0.25, 0.3) is 0 Å². The summed E-state index contributed by atoms with van der Waals surface area (Å²) in [5.41, 5.74) is 0. The number of morpholine rings is 1. The molecule has 2 aliphatic heterocycles. The van der Waals surface area contributed by atoms with Crippen LogP contribution < -0.4 is 0 Å². The smallest absolute Gasteiger partial charge is 0.0678 e. The van der Waals surface area contributed by atoms with E-state index in [2.05, 4.69) is 23.6 Å². The van der Waals surface area contributed by atoms with Gasteiger partial charge < -0.3 is 4.74 Å². The Morgan fingerprint density at radius 1 is 0.810 bits per heavy atom. The molecule has 2 bridgehead atoms. The van der Waals surface area contributed by atoms with Crippen LogP contribution in [0.2, 0.25) is 0 Å². The van der Waals surface area contributed by atoms with Crippen LogP contribution in [0.1, 0.15) is 52.4 Å². The Morgan fingerprint density at radius 3 is 2.10 bits per heavy atom. The fraction of sp³-hybridized carbons (Fsp3) is 1.00. The zero-order chi connectivity index (χ0) is 14.4. The van der Waals surface area contributed by atoms with Crippen molar-refractivity contribution in [3.63, 3.8) is 0 Å². The van der Waals surface area contributed by atoms with Gasteiger partial charge in [0, 0.05) is 25.2 Å². The third-order valence-electron chi connectivity index (χ3n) is 6.63. The Kier molecular flexibility index (Phi) is 4.01. The lowest BCUT2D eigenvalue weighted by molar-refractivity contribution is -0.0879. The van der Waals surface area contributed by atoms with E-state index < -0.39 is 0 Å². The Labute approximate surface area is 130 Å². The Hall–Kier alpha value is -0.120. The van der Waals surface area contributed by atoms with Crippen LogP contribution in [0.15, 0.2) is 0 Å². The molecule has 0 aromatic carbocycles. The first-order valence-electron chi connectivity index (χ1n) is 9.32. The SMILES string of the molecule is C[C@@H]1CN(C2CCN([C@H]3C[C@H]4CC[C@H]3C4)CC2)C[C@@H](C)O1. The molecule has 2 saturated carbocycles. The first-order chi connectivity index (χ1) is 10.2. The Morgan fingerprint density at radius 2 is 1.52 bits per heavy atom. The second-order valence-electron chi connectivity index (χ2n) is 8.22. The van der Waals surface area contributed by atoms with Gasteiger partial charge in [-0.15, -0.1) is 0 Å². The minimum Gasteiger partial charge on any atom is -0.373 e. The highest BCUT2D eigenvalue weighted by Crippen LogP contribution is 2.47. The molecule has 5 atom stereocenters. The summed E-state index contributed by atoms with van der Waals surface area (Å²) in [6.45, 7) is 9.43. The van der Waals surface area contributed by atoms with Crippen LogP contribution in [-0.4, -0.2) is 60.3 Å². The van der Waals surface area contributed by atoms with Gasteiger partial charge in [-0.3, -0.25) is 9.80 Å². The standard InChI is InChI=1S/C18H32N2O/c1-13-11-20(12-14(2)21-13)17-5-7-19(8-6-17)18-10-15-3-4-16(18)9-15/h13-18H,3-12H2,1-2H3/t13-,14-,15+,16+,18+/m1/s1. The summed E-state index contributed by atoms with van der Waals surface area (Å²) in [6, 6.07) is 1.76. The second-order valence-corrected chi connectivity index (χ2v) is 8.22. The fourth-order valence-corrected chi connectivity index (χ4v) is 5.76. The monoisotopic (exact) mass is 292 g/mol. The number of likely N-dealkylation sites (tertiary alicyclic amines) is 1. The summed E-state index contributed by atoms with van der Waals surface area (Å²) in [7, 11) is 0. The van der Waals surface area contributed by atoms with Crippen LogP contribution in [0.5, 0.6) is 0 Å². The lowest BCUT2D eigenvalue weighted by atomic mass is 9.91. The zero-order valence-corrected chi connectivity index (χ0v) is 13.8. The number of rotatable bonds is 2. The van der Waals surface area contributed by atoms with Gasteiger partial charge in [0.1, 0.15) is 0 Å². The van der Waals surface area contributed by atoms with Crippen LogP contribution in [0.25, 0.3) is 0 Å². The molecule has 4 aliphatic rings. The number of nitrogens with zero attached hydrogens (tertiary/aromatic N) is 2. The van der Waals surface area contributed by atoms with Gasteiger partial charge in [-0.1, -0.05) is 6.42 Å². The van der Waals surface area contributed by atoms with Gasteiger partial charge in [0.05, 0.1) is 12.2 Å². The molecule has 21 heavy (non-hydrogen) atoms. The molecule has 3 heteroatoms. The fourth-order valence-electron chi connectivity index (χ4n) is 5.76. The third-order valence-corrected chi connectivity index (χ3v) is 6.63. The summed E-state index contributed by atoms with van der Waals surface area (Å²) in [5.74, 6) is 2.13. The van der Waals surface area contributed by atoms with Crippen molar-refractivity contribution in [2.75, 3.05) is 26.2 Å². The lowest BCUT2D eigenvalue weighted by Gasteiger charge is -2.45. The molecule has 0 aromatic heterocycles. The molecule has 120 valence electrons. The van der Waals surface area contributed by atoms with Gasteiger partial charge in [0.2, 0.25) is 0 Å². The maximum atomic E-state index is 5.89. The van der Waals surface area contributed by atoms with Gasteiger partial charge in [-0.25, -0.2) is 0 Å². The summed E-state index contributed by atoms with van der Waals surface area (Å²) < 4.78 is 5.89. The molecule has 2 saturated heterocycles. The molecule has 0 unspecified atom stereocenters. The largest absolute Gasteiger partial charge is 0.373 e. The van der Waals surface area contributed by atoms with E-state index in [9.17, 15) is 0 Å². The van der Waals surface area contributed by atoms with Crippen molar-refractivity contribution in [2.24, 2.45) is 11.8 Å². The molecule has 2 aliphatic carbocycles. The van der Waals surface area contributed by atoms with Crippen molar-refractivity contribution >= 4 is 0 Å². The highest BCUT2D eigenvalue weighted by atomic mass is 16.5. The van der Waals surface area contributed by atoms with Gasteiger partial charge in [-0.05, 0) is 70.9 Å². The van der Waals surface area contributed by atoms with Crippen LogP contribution >= 0.6 is 0 Å². The second kappa shape index (κ2) is 5.82. The molecular formula is C18H32N2O. The molecule has 3 nitrogen and oxygen atoms in total. The van der Waals surface area contributed by atoms with E-state index in [4.69, 9.17) is 4.74 Å². The van der Waals surface area contributed by atoms with Crippen molar-refractivity contribution in [2.45, 2.75) is 76.7 Å². The predicted octanol–water partition coefficient (Wildman–Crippen LogP) is 2.75. The third kappa shape index (κ3) is 2.89. The number of hydrogen-bond donors (Lipinski definition) is 0. The van der Waals surface area contributed by atoms with E-state index in [0.29, 0.717) is 12.2 Å². The zero-order valence-electron chi connectivity index (χ0n) is 13.8. The molecule has 0 spiro atoms. The van der Waals surface area contributed by atoms with Crippen molar-refractivity contribution in [1.29, 1.82) is 0 Å². The van der Waals surface area contributed by atoms with Gasteiger partial charge >= 0.3 is 0 Å². The predicted molar refractivity (Wildman–Crippen MR) is 85.4 cm³/mol. The molecular weight excluding hydrogens is 260 g/mol. The normalized spacial score (nSPS) is 46.3. The number of hydrogen-bond acceptors (Lipinski definition) is 3. The first kappa shape index (κ1) is 14.5. The summed E-state index contributed by atoms with van der Waals surface area (Å²) >= 11 is 0. The summed E-state index contributed by atoms with van der Waals surface area (Å²) in [4.78, 5) is 5.57. The van der Waals surface area contributed by atoms with E-state index in [0.717, 1.165) is 37.0 Å². The highest BCUT2D eigenvalue weighted by Gasteiger charge is 2.43. The minimum atomic E-state index is 0.414. The molecule has 0 N–H and O–H groups in total. The Balaban J connectivity index is 1.30. The molecule has 2 heterocycles. The van der Waals surface area contributed by atoms with Gasteiger partial charge in [-0.2, -0.15) is 0 Å². The van der Waals surface area contributed by atoms with Crippen molar-refractivity contribution < 1.29 is 4.74 Å².